The number of sulfonamides is 1. The van der Waals surface area contributed by atoms with E-state index in [2.05, 4.69) is 5.32 Å². The molecular formula is C19H21F3N2O3S. The van der Waals surface area contributed by atoms with Gasteiger partial charge in [0.2, 0.25) is 15.9 Å². The summed E-state index contributed by atoms with van der Waals surface area (Å²) in [4.78, 5) is 12.8. The van der Waals surface area contributed by atoms with Gasteiger partial charge in [0.05, 0.1) is 23.2 Å². The number of carbonyl (C=O) groups excluding carboxylic acids is 1. The van der Waals surface area contributed by atoms with Gasteiger partial charge in [-0.1, -0.05) is 31.2 Å². The summed E-state index contributed by atoms with van der Waals surface area (Å²) < 4.78 is 65.3. The second-order valence-corrected chi connectivity index (χ2v) is 8.21. The lowest BCUT2D eigenvalue weighted by Gasteiger charge is -2.30. The molecule has 0 aliphatic carbocycles. The Bertz CT molecular complexity index is 959. The highest BCUT2D eigenvalue weighted by atomic mass is 32.2. The van der Waals surface area contributed by atoms with Crippen LogP contribution >= 0.6 is 0 Å². The second-order valence-electron chi connectivity index (χ2n) is 6.35. The number of halogens is 3. The Labute approximate surface area is 162 Å². The van der Waals surface area contributed by atoms with Crippen LogP contribution in [0.15, 0.2) is 48.5 Å². The maximum Gasteiger partial charge on any atom is 0.418 e. The number of nitrogens with one attached hydrogen (secondary N) is 1. The number of aryl methyl sites for hydroxylation is 1. The molecule has 0 aliphatic rings. The lowest BCUT2D eigenvalue weighted by molar-refractivity contribution is -0.137. The van der Waals surface area contributed by atoms with E-state index in [4.69, 9.17) is 0 Å². The lowest BCUT2D eigenvalue weighted by Crippen LogP contribution is -2.47. The highest BCUT2D eigenvalue weighted by Crippen LogP contribution is 2.35. The van der Waals surface area contributed by atoms with Gasteiger partial charge >= 0.3 is 6.18 Å². The number of para-hydroxylation sites is 1. The molecule has 0 aliphatic heterocycles. The van der Waals surface area contributed by atoms with Crippen LogP contribution in [-0.4, -0.2) is 26.6 Å². The molecule has 0 radical (unpaired) electrons. The summed E-state index contributed by atoms with van der Waals surface area (Å²) in [5, 5.41) is 2.24. The van der Waals surface area contributed by atoms with Crippen molar-refractivity contribution in [2.24, 2.45) is 0 Å². The molecule has 0 heterocycles. The minimum atomic E-state index is -4.65. The Morgan fingerprint density at radius 2 is 1.79 bits per heavy atom. The van der Waals surface area contributed by atoms with Crippen LogP contribution < -0.4 is 9.62 Å². The molecule has 2 aromatic rings. The molecule has 5 nitrogen and oxygen atoms in total. The second kappa shape index (κ2) is 8.22. The van der Waals surface area contributed by atoms with Gasteiger partial charge in [-0.05, 0) is 43.2 Å². The van der Waals surface area contributed by atoms with Crippen LogP contribution in [0.25, 0.3) is 0 Å². The van der Waals surface area contributed by atoms with E-state index in [9.17, 15) is 26.4 Å². The monoisotopic (exact) mass is 414 g/mol. The average molecular weight is 414 g/mol. The van der Waals surface area contributed by atoms with E-state index in [0.717, 1.165) is 28.3 Å². The Hall–Kier alpha value is -2.55. The topological polar surface area (TPSA) is 66.5 Å². The fourth-order valence-electron chi connectivity index (χ4n) is 2.88. The van der Waals surface area contributed by atoms with Crippen molar-refractivity contribution < 1.29 is 26.4 Å². The van der Waals surface area contributed by atoms with Crippen molar-refractivity contribution in [3.8, 4) is 0 Å². The van der Waals surface area contributed by atoms with Gasteiger partial charge in [-0.3, -0.25) is 9.10 Å². The molecule has 0 bridgehead atoms. The van der Waals surface area contributed by atoms with E-state index in [0.29, 0.717) is 0 Å². The zero-order valence-electron chi connectivity index (χ0n) is 15.6. The van der Waals surface area contributed by atoms with Crippen molar-refractivity contribution in [2.75, 3.05) is 15.9 Å². The van der Waals surface area contributed by atoms with E-state index in [1.165, 1.54) is 18.2 Å². The number of carbonyl (C=O) groups is 1. The fraction of sp³-hybridized carbons (Fsp3) is 0.316. The van der Waals surface area contributed by atoms with Crippen molar-refractivity contribution >= 4 is 27.3 Å². The summed E-state index contributed by atoms with van der Waals surface area (Å²) in [6.07, 6.45) is -3.63. The molecule has 0 spiro atoms. The van der Waals surface area contributed by atoms with Crippen molar-refractivity contribution in [1.82, 2.24) is 0 Å². The number of anilines is 2. The summed E-state index contributed by atoms with van der Waals surface area (Å²) in [5.74, 6) is -0.842. The maximum absolute atomic E-state index is 13.2. The first-order valence-electron chi connectivity index (χ1n) is 8.48. The van der Waals surface area contributed by atoms with Crippen LogP contribution in [0.4, 0.5) is 24.5 Å². The Morgan fingerprint density at radius 3 is 2.32 bits per heavy atom. The summed E-state index contributed by atoms with van der Waals surface area (Å²) >= 11 is 0. The van der Waals surface area contributed by atoms with E-state index in [-0.39, 0.29) is 12.1 Å². The standard InChI is InChI=1S/C19H21F3N2O3S/c1-4-17(24(28(3,26)27)14-9-7-8-13(2)12-14)18(25)23-16-11-6-5-10-15(16)19(20,21)22/h5-12,17H,4H2,1-3H3,(H,23,25). The fourth-order valence-corrected chi connectivity index (χ4v) is 4.08. The van der Waals surface area contributed by atoms with Gasteiger partial charge in [0.25, 0.3) is 0 Å². The molecule has 28 heavy (non-hydrogen) atoms. The van der Waals surface area contributed by atoms with Crippen LogP contribution in [0.5, 0.6) is 0 Å². The summed E-state index contributed by atoms with van der Waals surface area (Å²) in [6.45, 7) is 3.36. The number of hydrogen-bond acceptors (Lipinski definition) is 3. The van der Waals surface area contributed by atoms with Crippen LogP contribution in [0.2, 0.25) is 0 Å². The largest absolute Gasteiger partial charge is 0.418 e. The number of hydrogen-bond donors (Lipinski definition) is 1. The normalized spacial score (nSPS) is 13.1. The first kappa shape index (κ1) is 21.7. The third-order valence-electron chi connectivity index (χ3n) is 4.08. The lowest BCUT2D eigenvalue weighted by atomic mass is 10.1. The van der Waals surface area contributed by atoms with Gasteiger partial charge in [0.1, 0.15) is 6.04 Å². The quantitative estimate of drug-likeness (QED) is 0.771. The van der Waals surface area contributed by atoms with Crippen molar-refractivity contribution in [3.05, 3.63) is 59.7 Å². The van der Waals surface area contributed by atoms with Gasteiger partial charge in [0, 0.05) is 0 Å². The molecule has 0 fully saturated rings. The van der Waals surface area contributed by atoms with E-state index in [1.807, 2.05) is 0 Å². The molecule has 152 valence electrons. The van der Waals surface area contributed by atoms with Gasteiger partial charge in [-0.15, -0.1) is 0 Å². The van der Waals surface area contributed by atoms with E-state index in [1.54, 1.807) is 32.0 Å². The molecule has 1 atom stereocenters. The Balaban J connectivity index is 2.44. The van der Waals surface area contributed by atoms with Gasteiger partial charge in [-0.25, -0.2) is 8.42 Å². The van der Waals surface area contributed by atoms with Crippen molar-refractivity contribution in [2.45, 2.75) is 32.5 Å². The minimum absolute atomic E-state index is 0.0705. The number of rotatable bonds is 6. The predicted octanol–water partition coefficient (Wildman–Crippen LogP) is 4.20. The van der Waals surface area contributed by atoms with E-state index >= 15 is 0 Å². The molecule has 2 aromatic carbocycles. The third-order valence-corrected chi connectivity index (χ3v) is 5.26. The molecule has 1 amide bonds. The third kappa shape index (κ3) is 5.03. The Morgan fingerprint density at radius 1 is 1.14 bits per heavy atom. The zero-order chi connectivity index (χ0) is 21.1. The predicted molar refractivity (Wildman–Crippen MR) is 103 cm³/mol. The molecule has 9 heteroatoms. The highest BCUT2D eigenvalue weighted by molar-refractivity contribution is 7.92. The average Bonchev–Trinajstić information content (AvgIpc) is 2.57. The number of amides is 1. The van der Waals surface area contributed by atoms with Gasteiger partial charge in [-0.2, -0.15) is 13.2 Å². The van der Waals surface area contributed by atoms with Crippen molar-refractivity contribution in [1.29, 1.82) is 0 Å². The highest BCUT2D eigenvalue weighted by Gasteiger charge is 2.36. The molecule has 0 aromatic heterocycles. The maximum atomic E-state index is 13.2. The number of nitrogens with zero attached hydrogens (tertiary/aromatic N) is 1. The van der Waals surface area contributed by atoms with Crippen LogP contribution in [0.1, 0.15) is 24.5 Å². The van der Waals surface area contributed by atoms with E-state index < -0.39 is 39.4 Å². The molecule has 1 unspecified atom stereocenters. The molecular weight excluding hydrogens is 393 g/mol. The van der Waals surface area contributed by atoms with Crippen LogP contribution in [0.3, 0.4) is 0 Å². The van der Waals surface area contributed by atoms with Crippen molar-refractivity contribution in [3.63, 3.8) is 0 Å². The SMILES string of the molecule is CCC(C(=O)Nc1ccccc1C(F)(F)F)N(c1cccc(C)c1)S(C)(=O)=O. The first-order valence-corrected chi connectivity index (χ1v) is 10.3. The number of benzene rings is 2. The first-order chi connectivity index (χ1) is 12.9. The van der Waals surface area contributed by atoms with Crippen LogP contribution in [-0.2, 0) is 21.0 Å². The summed E-state index contributed by atoms with van der Waals surface area (Å²) in [7, 11) is -3.87. The zero-order valence-corrected chi connectivity index (χ0v) is 16.4. The molecule has 2 rings (SSSR count). The number of alkyl halides is 3. The molecule has 0 saturated carbocycles. The summed E-state index contributed by atoms with van der Waals surface area (Å²) in [5.41, 5.74) is -0.367. The van der Waals surface area contributed by atoms with Gasteiger partial charge in [0.15, 0.2) is 0 Å². The molecule has 1 N–H and O–H groups in total. The van der Waals surface area contributed by atoms with Gasteiger partial charge < -0.3 is 5.32 Å². The minimum Gasteiger partial charge on any atom is -0.324 e. The van der Waals surface area contributed by atoms with Crippen LogP contribution in [0, 0.1) is 6.92 Å². The smallest absolute Gasteiger partial charge is 0.324 e. The molecule has 0 saturated heterocycles. The summed E-state index contributed by atoms with van der Waals surface area (Å²) in [6, 6.07) is 9.89. The Kier molecular flexibility index (Phi) is 6.38.